The van der Waals surface area contributed by atoms with E-state index in [2.05, 4.69) is 10.6 Å². The molecule has 0 spiro atoms. The summed E-state index contributed by atoms with van der Waals surface area (Å²) in [6.45, 7) is 2.85. The lowest BCUT2D eigenvalue weighted by molar-refractivity contribution is -0.130. The largest absolute Gasteiger partial charge is 0.378 e. The average molecular weight is 427 g/mol. The van der Waals surface area contributed by atoms with Gasteiger partial charge in [0.15, 0.2) is 4.91 Å². The lowest BCUT2D eigenvalue weighted by Gasteiger charge is -2.27. The Balaban J connectivity index is 1.75. The van der Waals surface area contributed by atoms with Crippen molar-refractivity contribution < 1.29 is 22.7 Å². The Labute approximate surface area is 174 Å². The van der Waals surface area contributed by atoms with Crippen LogP contribution in [0.4, 0.5) is 11.4 Å². The van der Waals surface area contributed by atoms with Gasteiger partial charge in [0.05, 0.1) is 23.8 Å². The van der Waals surface area contributed by atoms with Crippen molar-refractivity contribution in [3.63, 3.8) is 0 Å². The van der Waals surface area contributed by atoms with Gasteiger partial charge in [0.2, 0.25) is 15.7 Å². The number of ether oxygens (including phenoxy) is 1. The summed E-state index contributed by atoms with van der Waals surface area (Å²) in [5.74, 6) is -0.723. The van der Waals surface area contributed by atoms with Crippen LogP contribution in [0.15, 0.2) is 58.3 Å². The van der Waals surface area contributed by atoms with Gasteiger partial charge in [-0.15, -0.1) is 0 Å². The summed E-state index contributed by atoms with van der Waals surface area (Å²) >= 11 is 0. The first-order valence-corrected chi connectivity index (χ1v) is 11.0. The number of carbonyl (C=O) groups is 2. The van der Waals surface area contributed by atoms with Crippen LogP contribution in [0.1, 0.15) is 12.5 Å². The molecule has 4 rings (SSSR count). The molecule has 1 saturated heterocycles. The Kier molecular flexibility index (Phi) is 5.31. The van der Waals surface area contributed by atoms with E-state index in [9.17, 15) is 18.0 Å². The number of rotatable bonds is 4. The summed E-state index contributed by atoms with van der Waals surface area (Å²) in [6.07, 6.45) is 0. The fourth-order valence-corrected chi connectivity index (χ4v) is 5.24. The zero-order valence-corrected chi connectivity index (χ0v) is 17.2. The van der Waals surface area contributed by atoms with Gasteiger partial charge in [0.25, 0.3) is 5.91 Å². The molecule has 0 unspecified atom stereocenters. The van der Waals surface area contributed by atoms with E-state index in [4.69, 9.17) is 4.74 Å². The number of sulfone groups is 1. The molecule has 30 heavy (non-hydrogen) atoms. The molecule has 0 saturated carbocycles. The van der Waals surface area contributed by atoms with E-state index in [-0.39, 0.29) is 21.4 Å². The predicted octanol–water partition coefficient (Wildman–Crippen LogP) is 2.07. The summed E-state index contributed by atoms with van der Waals surface area (Å²) in [4.78, 5) is 25.8. The maximum absolute atomic E-state index is 13.2. The van der Waals surface area contributed by atoms with Crippen LogP contribution >= 0.6 is 0 Å². The van der Waals surface area contributed by atoms with Crippen molar-refractivity contribution in [1.82, 2.24) is 4.90 Å². The minimum Gasteiger partial charge on any atom is -0.378 e. The van der Waals surface area contributed by atoms with E-state index in [1.54, 1.807) is 42.5 Å². The number of amides is 2. The number of benzene rings is 2. The van der Waals surface area contributed by atoms with Crippen molar-refractivity contribution in [2.24, 2.45) is 0 Å². The molecule has 2 aliphatic rings. The smallest absolute Gasteiger partial charge is 0.268 e. The van der Waals surface area contributed by atoms with E-state index >= 15 is 0 Å². The summed E-state index contributed by atoms with van der Waals surface area (Å²) in [7, 11) is -3.96. The zero-order chi connectivity index (χ0) is 21.3. The van der Waals surface area contributed by atoms with Crippen LogP contribution in [-0.2, 0) is 24.2 Å². The molecule has 1 fully saturated rings. The predicted molar refractivity (Wildman–Crippen MR) is 112 cm³/mol. The molecule has 2 amide bonds. The lowest BCUT2D eigenvalue weighted by atomic mass is 10.1. The summed E-state index contributed by atoms with van der Waals surface area (Å²) in [5.41, 5.74) is 1.93. The Bertz CT molecular complexity index is 1130. The van der Waals surface area contributed by atoms with Gasteiger partial charge in [-0.1, -0.05) is 18.2 Å². The fourth-order valence-electron chi connectivity index (χ4n) is 3.51. The number of nitrogens with one attached hydrogen (secondary N) is 2. The third kappa shape index (κ3) is 3.69. The molecule has 2 aromatic rings. The molecule has 0 bridgehead atoms. The van der Waals surface area contributed by atoms with E-state index in [1.165, 1.54) is 17.9 Å². The highest BCUT2D eigenvalue weighted by Crippen LogP contribution is 2.40. The van der Waals surface area contributed by atoms with Gasteiger partial charge in [-0.3, -0.25) is 9.59 Å². The highest BCUT2D eigenvalue weighted by atomic mass is 32.2. The summed E-state index contributed by atoms with van der Waals surface area (Å²) < 4.78 is 31.7. The maximum Gasteiger partial charge on any atom is 0.268 e. The number of anilines is 2. The van der Waals surface area contributed by atoms with Crippen LogP contribution in [0, 0.1) is 0 Å². The molecule has 2 heterocycles. The molecular formula is C21H21N3O5S. The second-order valence-electron chi connectivity index (χ2n) is 6.99. The zero-order valence-electron chi connectivity index (χ0n) is 16.3. The first kappa shape index (κ1) is 20.1. The van der Waals surface area contributed by atoms with Gasteiger partial charge in [-0.25, -0.2) is 8.42 Å². The van der Waals surface area contributed by atoms with Crippen molar-refractivity contribution in [2.75, 3.05) is 36.9 Å². The number of fused-ring (bicyclic) bond motifs is 1. The quantitative estimate of drug-likeness (QED) is 0.774. The first-order valence-electron chi connectivity index (χ1n) is 9.48. The van der Waals surface area contributed by atoms with Crippen LogP contribution in [0.3, 0.4) is 0 Å². The number of hydrogen-bond donors (Lipinski definition) is 2. The average Bonchev–Trinajstić information content (AvgIpc) is 2.96. The Morgan fingerprint density at radius 1 is 0.967 bits per heavy atom. The molecule has 0 radical (unpaired) electrons. The second-order valence-corrected chi connectivity index (χ2v) is 8.85. The Hall–Kier alpha value is -3.17. The van der Waals surface area contributed by atoms with Gasteiger partial charge >= 0.3 is 0 Å². The minimum absolute atomic E-state index is 0.110. The molecule has 156 valence electrons. The number of nitrogens with zero attached hydrogens (tertiary/aromatic N) is 1. The third-order valence-corrected chi connectivity index (χ3v) is 6.76. The molecule has 0 aromatic heterocycles. The van der Waals surface area contributed by atoms with Crippen LogP contribution < -0.4 is 10.6 Å². The highest BCUT2D eigenvalue weighted by Gasteiger charge is 2.41. The molecule has 0 aliphatic carbocycles. The Morgan fingerprint density at radius 3 is 2.27 bits per heavy atom. The van der Waals surface area contributed by atoms with Crippen LogP contribution in [0.25, 0.3) is 5.70 Å². The van der Waals surface area contributed by atoms with Crippen LogP contribution in [-0.4, -0.2) is 51.4 Å². The van der Waals surface area contributed by atoms with Gasteiger partial charge in [0.1, 0.15) is 0 Å². The van der Waals surface area contributed by atoms with Gasteiger partial charge in [-0.05, 0) is 30.3 Å². The monoisotopic (exact) mass is 427 g/mol. The number of morpholine rings is 1. The van der Waals surface area contributed by atoms with E-state index in [0.29, 0.717) is 43.2 Å². The Morgan fingerprint density at radius 2 is 1.60 bits per heavy atom. The number of carbonyl (C=O) groups excluding carboxylic acids is 2. The molecule has 0 atom stereocenters. The lowest BCUT2D eigenvalue weighted by Crippen LogP contribution is -2.42. The minimum atomic E-state index is -3.96. The SMILES string of the molecule is CC(=O)Nc1ccc(NC2=C(C(=O)N3CCOCC3)S(=O)(=O)c3ccccc32)cc1. The fraction of sp³-hybridized carbons (Fsp3) is 0.238. The topological polar surface area (TPSA) is 105 Å². The standard InChI is InChI=1S/C21H21N3O5S/c1-14(25)22-15-6-8-16(9-7-15)23-19-17-4-2-3-5-18(17)30(27,28)20(19)21(26)24-10-12-29-13-11-24/h2-9,23H,10-13H2,1H3,(H,22,25). The van der Waals surface area contributed by atoms with Crippen molar-refractivity contribution in [2.45, 2.75) is 11.8 Å². The molecule has 2 aliphatic heterocycles. The number of hydrogen-bond acceptors (Lipinski definition) is 6. The third-order valence-electron chi connectivity index (χ3n) is 4.91. The van der Waals surface area contributed by atoms with Crippen LogP contribution in [0.5, 0.6) is 0 Å². The van der Waals surface area contributed by atoms with E-state index in [1.807, 2.05) is 0 Å². The molecular weight excluding hydrogens is 406 g/mol. The molecule has 9 heteroatoms. The second kappa shape index (κ2) is 7.92. The van der Waals surface area contributed by atoms with Crippen molar-refractivity contribution in [3.05, 3.63) is 59.0 Å². The van der Waals surface area contributed by atoms with Gasteiger partial charge < -0.3 is 20.3 Å². The van der Waals surface area contributed by atoms with Crippen LogP contribution in [0.2, 0.25) is 0 Å². The molecule has 8 nitrogen and oxygen atoms in total. The normalized spacial score (nSPS) is 17.4. The first-order chi connectivity index (χ1) is 14.4. The summed E-state index contributed by atoms with van der Waals surface area (Å²) in [5, 5.41) is 5.79. The van der Waals surface area contributed by atoms with Gasteiger partial charge in [0, 0.05) is 37.0 Å². The highest BCUT2D eigenvalue weighted by molar-refractivity contribution is 7.97. The molecule has 2 N–H and O–H groups in total. The van der Waals surface area contributed by atoms with Crippen molar-refractivity contribution in [3.8, 4) is 0 Å². The van der Waals surface area contributed by atoms with E-state index < -0.39 is 15.7 Å². The summed E-state index contributed by atoms with van der Waals surface area (Å²) in [6, 6.07) is 13.4. The van der Waals surface area contributed by atoms with Crippen molar-refractivity contribution >= 4 is 38.7 Å². The van der Waals surface area contributed by atoms with Crippen molar-refractivity contribution in [1.29, 1.82) is 0 Å². The molecule has 2 aromatic carbocycles. The van der Waals surface area contributed by atoms with E-state index in [0.717, 1.165) is 0 Å². The maximum atomic E-state index is 13.2. The van der Waals surface area contributed by atoms with Gasteiger partial charge in [-0.2, -0.15) is 0 Å².